The van der Waals surface area contributed by atoms with Crippen LogP contribution >= 0.6 is 11.6 Å². The molecule has 0 spiro atoms. The van der Waals surface area contributed by atoms with Gasteiger partial charge in [-0.2, -0.15) is 0 Å². The number of aryl methyl sites for hydroxylation is 1. The molecule has 106 valence electrons. The third-order valence-electron chi connectivity index (χ3n) is 3.05. The van der Waals surface area contributed by atoms with Crippen molar-refractivity contribution in [1.29, 1.82) is 0 Å². The monoisotopic (exact) mass is 300 g/mol. The summed E-state index contributed by atoms with van der Waals surface area (Å²) in [7, 11) is 0. The lowest BCUT2D eigenvalue weighted by Crippen LogP contribution is -2.04. The molecule has 0 aliphatic heterocycles. The van der Waals surface area contributed by atoms with E-state index in [1.807, 2.05) is 0 Å². The van der Waals surface area contributed by atoms with Crippen LogP contribution in [0.2, 0.25) is 5.02 Å². The van der Waals surface area contributed by atoms with E-state index in [1.165, 1.54) is 12.1 Å². The molecule has 2 aromatic rings. The molecule has 0 radical (unpaired) electrons. The first-order chi connectivity index (χ1) is 9.38. The van der Waals surface area contributed by atoms with Crippen LogP contribution in [0.3, 0.4) is 0 Å². The molecule has 0 saturated carbocycles. The number of benzene rings is 2. The summed E-state index contributed by atoms with van der Waals surface area (Å²) >= 11 is 5.89. The van der Waals surface area contributed by atoms with Gasteiger partial charge in [0.05, 0.1) is 6.10 Å². The van der Waals surface area contributed by atoms with Gasteiger partial charge in [0.1, 0.15) is 5.82 Å². The molecule has 0 saturated heterocycles. The minimum Gasteiger partial charge on any atom is -0.388 e. The Morgan fingerprint density at radius 3 is 2.40 bits per heavy atom. The highest BCUT2D eigenvalue weighted by Crippen LogP contribution is 2.28. The lowest BCUT2D eigenvalue weighted by atomic mass is 9.99. The molecule has 2 aromatic carbocycles. The van der Waals surface area contributed by atoms with Crippen LogP contribution in [0.25, 0.3) is 0 Å². The highest BCUT2D eigenvalue weighted by atomic mass is 35.5. The van der Waals surface area contributed by atoms with Crippen molar-refractivity contribution in [1.82, 2.24) is 0 Å². The van der Waals surface area contributed by atoms with E-state index < -0.39 is 23.6 Å². The van der Waals surface area contributed by atoms with E-state index in [1.54, 1.807) is 6.92 Å². The second-order valence-corrected chi connectivity index (χ2v) is 5.00. The molecule has 0 aromatic heterocycles. The Hall–Kier alpha value is -1.52. The fourth-order valence-electron chi connectivity index (χ4n) is 1.93. The largest absolute Gasteiger partial charge is 0.388 e. The van der Waals surface area contributed by atoms with E-state index in [-0.39, 0.29) is 11.4 Å². The third-order valence-corrected chi connectivity index (χ3v) is 3.38. The predicted molar refractivity (Wildman–Crippen MR) is 71.2 cm³/mol. The second kappa shape index (κ2) is 5.85. The van der Waals surface area contributed by atoms with Crippen molar-refractivity contribution in [3.8, 4) is 0 Å². The van der Waals surface area contributed by atoms with Gasteiger partial charge in [-0.3, -0.25) is 0 Å². The number of aliphatic hydroxyl groups excluding tert-OH is 1. The van der Waals surface area contributed by atoms with Crippen LogP contribution in [0.15, 0.2) is 30.3 Å². The van der Waals surface area contributed by atoms with Gasteiger partial charge in [-0.15, -0.1) is 0 Å². The molecule has 0 aliphatic rings. The van der Waals surface area contributed by atoms with Crippen LogP contribution in [0.1, 0.15) is 22.8 Å². The van der Waals surface area contributed by atoms with Gasteiger partial charge >= 0.3 is 0 Å². The van der Waals surface area contributed by atoms with E-state index in [0.717, 1.165) is 18.2 Å². The summed E-state index contributed by atoms with van der Waals surface area (Å²) in [5.74, 6) is -2.38. The summed E-state index contributed by atoms with van der Waals surface area (Å²) in [6.07, 6.45) is -0.964. The first kappa shape index (κ1) is 14.9. The molecule has 0 amide bonds. The minimum atomic E-state index is -1.02. The standard InChI is InChI=1S/C15H12ClF3O/c1-8-4-10(11(16)7-13(8)18)15(20)6-9-2-3-12(17)14(19)5-9/h2-5,7,15,20H,6H2,1H3. The Bertz CT molecular complexity index is 643. The van der Waals surface area contributed by atoms with Crippen molar-refractivity contribution < 1.29 is 18.3 Å². The Balaban J connectivity index is 2.25. The van der Waals surface area contributed by atoms with Crippen molar-refractivity contribution in [3.63, 3.8) is 0 Å². The molecule has 0 fully saturated rings. The van der Waals surface area contributed by atoms with Gasteiger partial charge in [0.2, 0.25) is 0 Å². The van der Waals surface area contributed by atoms with Crippen molar-refractivity contribution in [2.75, 3.05) is 0 Å². The molecule has 1 N–H and O–H groups in total. The van der Waals surface area contributed by atoms with Crippen molar-refractivity contribution in [2.24, 2.45) is 0 Å². The number of halogens is 4. The molecule has 0 aliphatic carbocycles. The zero-order valence-electron chi connectivity index (χ0n) is 10.6. The summed E-state index contributed by atoms with van der Waals surface area (Å²) in [5, 5.41) is 10.2. The minimum absolute atomic E-state index is 0.0575. The van der Waals surface area contributed by atoms with Gasteiger partial charge in [-0.25, -0.2) is 13.2 Å². The average molecular weight is 301 g/mol. The van der Waals surface area contributed by atoms with Crippen LogP contribution in [0.4, 0.5) is 13.2 Å². The van der Waals surface area contributed by atoms with Gasteiger partial charge in [0, 0.05) is 11.4 Å². The SMILES string of the molecule is Cc1cc(C(O)Cc2ccc(F)c(F)c2)c(Cl)cc1F. The summed E-state index contributed by atoms with van der Waals surface area (Å²) < 4.78 is 39.2. The molecule has 0 heterocycles. The van der Waals surface area contributed by atoms with Gasteiger partial charge in [0.15, 0.2) is 11.6 Å². The molecule has 1 atom stereocenters. The maximum absolute atomic E-state index is 13.3. The third kappa shape index (κ3) is 3.14. The zero-order chi connectivity index (χ0) is 14.9. The van der Waals surface area contributed by atoms with E-state index >= 15 is 0 Å². The maximum atomic E-state index is 13.3. The van der Waals surface area contributed by atoms with E-state index in [0.29, 0.717) is 16.7 Å². The highest BCUT2D eigenvalue weighted by Gasteiger charge is 2.15. The van der Waals surface area contributed by atoms with Gasteiger partial charge in [0.25, 0.3) is 0 Å². The lowest BCUT2D eigenvalue weighted by Gasteiger charge is -2.14. The first-order valence-corrected chi connectivity index (χ1v) is 6.34. The van der Waals surface area contributed by atoms with Crippen LogP contribution in [-0.4, -0.2) is 5.11 Å². The number of hydrogen-bond acceptors (Lipinski definition) is 1. The van der Waals surface area contributed by atoms with Gasteiger partial charge in [-0.1, -0.05) is 17.7 Å². The van der Waals surface area contributed by atoms with Crippen molar-refractivity contribution in [3.05, 3.63) is 69.5 Å². The van der Waals surface area contributed by atoms with Crippen LogP contribution in [0.5, 0.6) is 0 Å². The zero-order valence-corrected chi connectivity index (χ0v) is 11.4. The molecular weight excluding hydrogens is 289 g/mol. The average Bonchev–Trinajstić information content (AvgIpc) is 2.38. The number of hydrogen-bond donors (Lipinski definition) is 1. The molecule has 20 heavy (non-hydrogen) atoms. The van der Waals surface area contributed by atoms with E-state index in [4.69, 9.17) is 11.6 Å². The molecule has 1 nitrogen and oxygen atoms in total. The fraction of sp³-hybridized carbons (Fsp3) is 0.200. The van der Waals surface area contributed by atoms with Crippen molar-refractivity contribution >= 4 is 11.6 Å². The van der Waals surface area contributed by atoms with Crippen LogP contribution in [0, 0.1) is 24.4 Å². The maximum Gasteiger partial charge on any atom is 0.159 e. The first-order valence-electron chi connectivity index (χ1n) is 5.96. The Labute approximate surface area is 119 Å². The topological polar surface area (TPSA) is 20.2 Å². The summed E-state index contributed by atoms with van der Waals surface area (Å²) in [5.41, 5.74) is 1.14. The Morgan fingerprint density at radius 2 is 1.75 bits per heavy atom. The summed E-state index contributed by atoms with van der Waals surface area (Å²) in [6, 6.07) is 5.96. The Kier molecular flexibility index (Phi) is 4.35. The van der Waals surface area contributed by atoms with Crippen LogP contribution in [-0.2, 0) is 6.42 Å². The molecular formula is C15H12ClF3O. The number of aliphatic hydroxyl groups is 1. The summed E-state index contributed by atoms with van der Waals surface area (Å²) in [6.45, 7) is 1.56. The molecule has 2 rings (SSSR count). The normalized spacial score (nSPS) is 12.5. The predicted octanol–water partition coefficient (Wildman–Crippen LogP) is 4.34. The van der Waals surface area contributed by atoms with E-state index in [9.17, 15) is 18.3 Å². The number of rotatable bonds is 3. The highest BCUT2D eigenvalue weighted by molar-refractivity contribution is 6.31. The molecule has 5 heteroatoms. The van der Waals surface area contributed by atoms with Gasteiger partial charge in [-0.05, 0) is 47.9 Å². The smallest absolute Gasteiger partial charge is 0.159 e. The van der Waals surface area contributed by atoms with Crippen molar-refractivity contribution in [2.45, 2.75) is 19.4 Å². The molecule has 0 bridgehead atoms. The lowest BCUT2D eigenvalue weighted by molar-refractivity contribution is 0.178. The fourth-order valence-corrected chi connectivity index (χ4v) is 2.21. The van der Waals surface area contributed by atoms with Crippen LogP contribution < -0.4 is 0 Å². The van der Waals surface area contributed by atoms with E-state index in [2.05, 4.69) is 0 Å². The molecule has 1 unspecified atom stereocenters. The Morgan fingerprint density at radius 1 is 1.05 bits per heavy atom. The second-order valence-electron chi connectivity index (χ2n) is 4.59. The summed E-state index contributed by atoms with van der Waals surface area (Å²) in [4.78, 5) is 0. The van der Waals surface area contributed by atoms with Gasteiger partial charge < -0.3 is 5.11 Å². The quantitative estimate of drug-likeness (QED) is 0.894.